The van der Waals surface area contributed by atoms with Crippen molar-refractivity contribution in [2.45, 2.75) is 39.7 Å². The second-order valence-electron chi connectivity index (χ2n) is 7.50. The van der Waals surface area contributed by atoms with Crippen LogP contribution in [0.5, 0.6) is 5.75 Å². The van der Waals surface area contributed by atoms with Crippen molar-refractivity contribution in [2.75, 3.05) is 31.6 Å². The second-order valence-corrected chi connectivity index (χ2v) is 7.50. The third kappa shape index (κ3) is 5.75. The Labute approximate surface area is 179 Å². The predicted octanol–water partition coefficient (Wildman–Crippen LogP) is 3.43. The first-order chi connectivity index (χ1) is 14.6. The minimum absolute atomic E-state index is 0.213. The van der Waals surface area contributed by atoms with Gasteiger partial charge in [-0.1, -0.05) is 29.8 Å². The summed E-state index contributed by atoms with van der Waals surface area (Å²) in [5, 5.41) is 6.70. The topological polar surface area (TPSA) is 66.0 Å². The Hall–Kier alpha value is -3.02. The molecule has 30 heavy (non-hydrogen) atoms. The average molecular weight is 409 g/mol. The van der Waals surface area contributed by atoms with Crippen molar-refractivity contribution in [2.24, 2.45) is 4.99 Å². The van der Waals surface area contributed by atoms with Crippen molar-refractivity contribution in [1.82, 2.24) is 10.6 Å². The first-order valence-electron chi connectivity index (χ1n) is 10.7. The van der Waals surface area contributed by atoms with Crippen molar-refractivity contribution in [3.8, 4) is 5.75 Å². The summed E-state index contributed by atoms with van der Waals surface area (Å²) in [7, 11) is 1.71. The number of aliphatic imine (C=N–C) groups is 1. The highest BCUT2D eigenvalue weighted by Gasteiger charge is 2.21. The number of hydrogen-bond acceptors (Lipinski definition) is 3. The molecule has 1 amide bonds. The molecule has 1 aliphatic rings. The number of carbonyl (C=O) groups is 1. The number of guanidine groups is 1. The van der Waals surface area contributed by atoms with Crippen molar-refractivity contribution in [1.29, 1.82) is 0 Å². The van der Waals surface area contributed by atoms with Crippen LogP contribution in [0.3, 0.4) is 0 Å². The molecule has 2 aromatic carbocycles. The third-order valence-electron chi connectivity index (χ3n) is 5.21. The van der Waals surface area contributed by atoms with Gasteiger partial charge in [0.2, 0.25) is 5.91 Å². The van der Waals surface area contributed by atoms with Gasteiger partial charge in [-0.05, 0) is 56.0 Å². The Balaban J connectivity index is 1.56. The molecule has 0 aromatic heterocycles. The Morgan fingerprint density at radius 1 is 1.17 bits per heavy atom. The molecular formula is C24H32N4O2. The summed E-state index contributed by atoms with van der Waals surface area (Å²) in [5.41, 5.74) is 4.50. The SMILES string of the molecule is CCNC(=NCc1ccc(N2CCCC2=O)cc1)NCCc1cc(C)ccc1OC. The van der Waals surface area contributed by atoms with E-state index in [2.05, 4.69) is 36.6 Å². The molecule has 2 aromatic rings. The monoisotopic (exact) mass is 408 g/mol. The van der Waals surface area contributed by atoms with Crippen LogP contribution in [-0.4, -0.2) is 38.6 Å². The third-order valence-corrected chi connectivity index (χ3v) is 5.21. The van der Waals surface area contributed by atoms with Crippen LogP contribution in [0.2, 0.25) is 0 Å². The van der Waals surface area contributed by atoms with E-state index in [9.17, 15) is 4.79 Å². The first kappa shape index (κ1) is 21.7. The van der Waals surface area contributed by atoms with E-state index >= 15 is 0 Å². The Morgan fingerprint density at radius 2 is 1.97 bits per heavy atom. The van der Waals surface area contributed by atoms with Gasteiger partial charge in [-0.25, -0.2) is 4.99 Å². The molecule has 3 rings (SSSR count). The van der Waals surface area contributed by atoms with E-state index in [-0.39, 0.29) is 5.91 Å². The zero-order valence-electron chi connectivity index (χ0n) is 18.2. The molecule has 0 unspecified atom stereocenters. The molecule has 0 bridgehead atoms. The summed E-state index contributed by atoms with van der Waals surface area (Å²) < 4.78 is 5.47. The molecule has 0 radical (unpaired) electrons. The number of amides is 1. The second kappa shape index (κ2) is 10.7. The Kier molecular flexibility index (Phi) is 7.71. The maximum absolute atomic E-state index is 11.9. The Morgan fingerprint density at radius 3 is 2.63 bits per heavy atom. The highest BCUT2D eigenvalue weighted by Crippen LogP contribution is 2.22. The summed E-state index contributed by atoms with van der Waals surface area (Å²) >= 11 is 0. The molecule has 0 aliphatic carbocycles. The number of methoxy groups -OCH3 is 1. The first-order valence-corrected chi connectivity index (χ1v) is 10.7. The molecule has 6 nitrogen and oxygen atoms in total. The Bertz CT molecular complexity index is 877. The van der Waals surface area contributed by atoms with Crippen LogP contribution in [0, 0.1) is 6.92 Å². The fraction of sp³-hybridized carbons (Fsp3) is 0.417. The standard InChI is InChI=1S/C24H32N4O2/c1-4-25-24(26-14-13-20-16-18(2)7-12-22(20)30-3)27-17-19-8-10-21(11-9-19)28-15-5-6-23(28)29/h7-12,16H,4-6,13-15,17H2,1-3H3,(H2,25,26,27). The van der Waals surface area contributed by atoms with Crippen LogP contribution in [0.4, 0.5) is 5.69 Å². The van der Waals surface area contributed by atoms with Crippen molar-refractivity contribution in [3.63, 3.8) is 0 Å². The molecule has 1 fully saturated rings. The summed E-state index contributed by atoms with van der Waals surface area (Å²) in [5.74, 6) is 1.92. The van der Waals surface area contributed by atoms with Gasteiger partial charge in [0.15, 0.2) is 5.96 Å². The number of anilines is 1. The zero-order chi connectivity index (χ0) is 21.3. The van der Waals surface area contributed by atoms with E-state index < -0.39 is 0 Å². The number of ether oxygens (including phenoxy) is 1. The van der Waals surface area contributed by atoms with E-state index in [1.165, 1.54) is 11.1 Å². The van der Waals surface area contributed by atoms with Gasteiger partial charge < -0.3 is 20.3 Å². The summed E-state index contributed by atoms with van der Waals surface area (Å²) in [6.45, 7) is 7.11. The van der Waals surface area contributed by atoms with E-state index in [1.54, 1.807) is 7.11 Å². The molecule has 1 heterocycles. The van der Waals surface area contributed by atoms with Crippen LogP contribution in [0.25, 0.3) is 0 Å². The van der Waals surface area contributed by atoms with Crippen LogP contribution >= 0.6 is 0 Å². The predicted molar refractivity (Wildman–Crippen MR) is 122 cm³/mol. The normalized spacial score (nSPS) is 14.2. The maximum atomic E-state index is 11.9. The lowest BCUT2D eigenvalue weighted by Gasteiger charge is -2.16. The van der Waals surface area contributed by atoms with Crippen LogP contribution < -0.4 is 20.3 Å². The molecule has 0 saturated carbocycles. The number of hydrogen-bond donors (Lipinski definition) is 2. The average Bonchev–Trinajstić information content (AvgIpc) is 3.18. The van der Waals surface area contributed by atoms with Crippen molar-refractivity contribution in [3.05, 3.63) is 59.2 Å². The largest absolute Gasteiger partial charge is 0.496 e. The summed E-state index contributed by atoms with van der Waals surface area (Å²) in [6.07, 6.45) is 2.45. The molecule has 0 atom stereocenters. The van der Waals surface area contributed by atoms with Gasteiger partial charge in [0, 0.05) is 31.7 Å². The van der Waals surface area contributed by atoms with Gasteiger partial charge in [0.1, 0.15) is 5.75 Å². The molecule has 1 saturated heterocycles. The number of nitrogens with zero attached hydrogens (tertiary/aromatic N) is 2. The van der Waals surface area contributed by atoms with E-state index in [0.29, 0.717) is 13.0 Å². The number of carbonyl (C=O) groups excluding carboxylic acids is 1. The van der Waals surface area contributed by atoms with Gasteiger partial charge in [-0.3, -0.25) is 4.79 Å². The maximum Gasteiger partial charge on any atom is 0.227 e. The summed E-state index contributed by atoms with van der Waals surface area (Å²) in [6, 6.07) is 14.4. The highest BCUT2D eigenvalue weighted by atomic mass is 16.5. The molecule has 0 spiro atoms. The minimum Gasteiger partial charge on any atom is -0.496 e. The number of nitrogens with one attached hydrogen (secondary N) is 2. The minimum atomic E-state index is 0.213. The molecule has 2 N–H and O–H groups in total. The number of rotatable bonds is 8. The van der Waals surface area contributed by atoms with Crippen molar-refractivity contribution >= 4 is 17.6 Å². The fourth-order valence-electron chi connectivity index (χ4n) is 3.63. The van der Waals surface area contributed by atoms with E-state index in [1.807, 2.05) is 35.2 Å². The van der Waals surface area contributed by atoms with E-state index in [4.69, 9.17) is 9.73 Å². The molecule has 160 valence electrons. The van der Waals surface area contributed by atoms with Crippen molar-refractivity contribution < 1.29 is 9.53 Å². The lowest BCUT2D eigenvalue weighted by atomic mass is 10.1. The van der Waals surface area contributed by atoms with Gasteiger partial charge in [-0.2, -0.15) is 0 Å². The number of aryl methyl sites for hydroxylation is 1. The smallest absolute Gasteiger partial charge is 0.227 e. The van der Waals surface area contributed by atoms with Gasteiger partial charge in [0.05, 0.1) is 13.7 Å². The quantitative estimate of drug-likeness (QED) is 0.519. The van der Waals surface area contributed by atoms with Gasteiger partial charge in [-0.15, -0.1) is 0 Å². The lowest BCUT2D eigenvalue weighted by Crippen LogP contribution is -2.38. The van der Waals surface area contributed by atoms with Crippen LogP contribution in [0.15, 0.2) is 47.5 Å². The molecular weight excluding hydrogens is 376 g/mol. The lowest BCUT2D eigenvalue weighted by molar-refractivity contribution is -0.117. The molecule has 6 heteroatoms. The van der Waals surface area contributed by atoms with Crippen LogP contribution in [0.1, 0.15) is 36.5 Å². The van der Waals surface area contributed by atoms with E-state index in [0.717, 1.165) is 55.4 Å². The van der Waals surface area contributed by atoms with Crippen LogP contribution in [-0.2, 0) is 17.8 Å². The fourth-order valence-corrected chi connectivity index (χ4v) is 3.63. The van der Waals surface area contributed by atoms with Gasteiger partial charge >= 0.3 is 0 Å². The highest BCUT2D eigenvalue weighted by molar-refractivity contribution is 5.95. The molecule has 1 aliphatic heterocycles. The number of benzene rings is 2. The van der Waals surface area contributed by atoms with Gasteiger partial charge in [0.25, 0.3) is 0 Å². The zero-order valence-corrected chi connectivity index (χ0v) is 18.2. The summed E-state index contributed by atoms with van der Waals surface area (Å²) in [4.78, 5) is 18.4.